The second-order valence-electron chi connectivity index (χ2n) is 3.48. The Balaban J connectivity index is 2.39. The third kappa shape index (κ3) is 2.39. The van der Waals surface area contributed by atoms with Crippen LogP contribution in [0.25, 0.3) is 0 Å². The Bertz CT molecular complexity index is 513. The van der Waals surface area contributed by atoms with E-state index in [1.54, 1.807) is 24.3 Å². The van der Waals surface area contributed by atoms with Crippen LogP contribution in [0.1, 0.15) is 11.6 Å². The van der Waals surface area contributed by atoms with E-state index in [0.717, 1.165) is 0 Å². The van der Waals surface area contributed by atoms with Crippen LogP contribution in [0.15, 0.2) is 36.0 Å². The number of carboxylic acids is 1. The van der Waals surface area contributed by atoms with Crippen molar-refractivity contribution in [1.29, 1.82) is 0 Å². The van der Waals surface area contributed by atoms with Crippen molar-refractivity contribution in [2.24, 2.45) is 0 Å². The van der Waals surface area contributed by atoms with Gasteiger partial charge in [0.1, 0.15) is 5.70 Å². The van der Waals surface area contributed by atoms with Crippen molar-refractivity contribution in [3.8, 4) is 0 Å². The number of carbonyl (C=O) groups is 2. The zero-order valence-electron chi connectivity index (χ0n) is 8.61. The molecule has 0 aliphatic carbocycles. The third-order valence-corrected chi connectivity index (χ3v) is 2.68. The molecule has 0 spiro atoms. The summed E-state index contributed by atoms with van der Waals surface area (Å²) < 4.78 is 0. The van der Waals surface area contributed by atoms with Crippen molar-refractivity contribution in [2.75, 3.05) is 0 Å². The van der Waals surface area contributed by atoms with Crippen LogP contribution in [-0.4, -0.2) is 17.1 Å². The number of hydrogen-bond acceptors (Lipinski definition) is 2. The summed E-state index contributed by atoms with van der Waals surface area (Å²) in [5.74, 6) is -1.18. The van der Waals surface area contributed by atoms with Crippen molar-refractivity contribution >= 4 is 23.6 Å². The van der Waals surface area contributed by atoms with Crippen LogP contribution in [0, 0.1) is 0 Å². The SMILES string of the molecule is O=C1NC(C(=O)O)=CC(c2ccccc2Cl)N1. The lowest BCUT2D eigenvalue weighted by Crippen LogP contribution is -2.43. The highest BCUT2D eigenvalue weighted by molar-refractivity contribution is 6.31. The molecule has 2 amide bonds. The van der Waals surface area contributed by atoms with E-state index in [0.29, 0.717) is 10.6 Å². The van der Waals surface area contributed by atoms with Gasteiger partial charge in [-0.25, -0.2) is 9.59 Å². The van der Waals surface area contributed by atoms with Crippen LogP contribution in [0.3, 0.4) is 0 Å². The smallest absolute Gasteiger partial charge is 0.352 e. The summed E-state index contributed by atoms with van der Waals surface area (Å²) >= 11 is 5.98. The number of halogens is 1. The molecule has 2 rings (SSSR count). The van der Waals surface area contributed by atoms with Crippen molar-refractivity contribution in [3.05, 3.63) is 46.6 Å². The molecule has 0 bridgehead atoms. The Hall–Kier alpha value is -2.01. The molecule has 0 saturated carbocycles. The van der Waals surface area contributed by atoms with Gasteiger partial charge in [-0.3, -0.25) is 0 Å². The molecule has 1 unspecified atom stereocenters. The van der Waals surface area contributed by atoms with Gasteiger partial charge in [0.25, 0.3) is 0 Å². The fourth-order valence-electron chi connectivity index (χ4n) is 1.57. The first-order chi connectivity index (χ1) is 8.08. The van der Waals surface area contributed by atoms with Crippen LogP contribution in [0.5, 0.6) is 0 Å². The second-order valence-corrected chi connectivity index (χ2v) is 3.89. The van der Waals surface area contributed by atoms with Gasteiger partial charge in [0.2, 0.25) is 0 Å². The molecule has 1 aromatic rings. The molecule has 17 heavy (non-hydrogen) atoms. The van der Waals surface area contributed by atoms with Crippen LogP contribution < -0.4 is 10.6 Å². The molecule has 0 fully saturated rings. The molecule has 0 aromatic heterocycles. The number of amides is 2. The lowest BCUT2D eigenvalue weighted by Gasteiger charge is -2.22. The van der Waals surface area contributed by atoms with Gasteiger partial charge in [-0.05, 0) is 17.7 Å². The average molecular weight is 253 g/mol. The van der Waals surface area contributed by atoms with Crippen LogP contribution in [-0.2, 0) is 4.79 Å². The highest BCUT2D eigenvalue weighted by atomic mass is 35.5. The van der Waals surface area contributed by atoms with E-state index in [2.05, 4.69) is 10.6 Å². The fourth-order valence-corrected chi connectivity index (χ4v) is 1.82. The van der Waals surface area contributed by atoms with Gasteiger partial charge in [-0.1, -0.05) is 29.8 Å². The summed E-state index contributed by atoms with van der Waals surface area (Å²) in [6.07, 6.45) is 1.41. The molecule has 0 saturated heterocycles. The molecular formula is C11H9ClN2O3. The number of carbonyl (C=O) groups excluding carboxylic acids is 1. The van der Waals surface area contributed by atoms with Gasteiger partial charge in [0.05, 0.1) is 6.04 Å². The lowest BCUT2D eigenvalue weighted by molar-refractivity contribution is -0.133. The molecule has 1 aromatic carbocycles. The molecule has 3 N–H and O–H groups in total. The Kier molecular flexibility index (Phi) is 3.01. The van der Waals surface area contributed by atoms with Gasteiger partial charge in [-0.2, -0.15) is 0 Å². The Morgan fingerprint density at radius 3 is 2.71 bits per heavy atom. The summed E-state index contributed by atoms with van der Waals surface area (Å²) in [5, 5.41) is 14.1. The van der Waals surface area contributed by atoms with Crippen molar-refractivity contribution in [3.63, 3.8) is 0 Å². The van der Waals surface area contributed by atoms with Gasteiger partial charge < -0.3 is 15.7 Å². The van der Waals surface area contributed by atoms with Crippen molar-refractivity contribution in [1.82, 2.24) is 10.6 Å². The van der Waals surface area contributed by atoms with E-state index in [1.165, 1.54) is 6.08 Å². The zero-order valence-corrected chi connectivity index (χ0v) is 9.36. The third-order valence-electron chi connectivity index (χ3n) is 2.34. The predicted octanol–water partition coefficient (Wildman–Crippen LogP) is 1.66. The molecule has 0 radical (unpaired) electrons. The van der Waals surface area contributed by atoms with Crippen molar-refractivity contribution < 1.29 is 14.7 Å². The number of benzene rings is 1. The number of nitrogens with one attached hydrogen (secondary N) is 2. The first kappa shape index (κ1) is 11.5. The minimum absolute atomic E-state index is 0.154. The number of urea groups is 1. The number of rotatable bonds is 2. The van der Waals surface area contributed by atoms with E-state index < -0.39 is 18.0 Å². The molecule has 5 nitrogen and oxygen atoms in total. The van der Waals surface area contributed by atoms with E-state index in [4.69, 9.17) is 16.7 Å². The van der Waals surface area contributed by atoms with Crippen molar-refractivity contribution in [2.45, 2.75) is 6.04 Å². The second kappa shape index (κ2) is 4.47. The number of carboxylic acid groups (broad SMARTS) is 1. The minimum atomic E-state index is -1.18. The molecule has 1 aliphatic rings. The number of aliphatic carboxylic acids is 1. The van der Waals surface area contributed by atoms with E-state index in [9.17, 15) is 9.59 Å². The molecule has 1 aliphatic heterocycles. The first-order valence-electron chi connectivity index (χ1n) is 4.85. The summed E-state index contributed by atoms with van der Waals surface area (Å²) in [6, 6.07) is 5.84. The maximum absolute atomic E-state index is 11.3. The summed E-state index contributed by atoms with van der Waals surface area (Å²) in [4.78, 5) is 22.1. The number of hydrogen-bond donors (Lipinski definition) is 3. The Morgan fingerprint density at radius 1 is 1.35 bits per heavy atom. The molecule has 1 heterocycles. The maximum Gasteiger partial charge on any atom is 0.352 e. The maximum atomic E-state index is 11.3. The van der Waals surface area contributed by atoms with Crippen LogP contribution in [0.4, 0.5) is 4.79 Å². The average Bonchev–Trinajstić information content (AvgIpc) is 2.28. The summed E-state index contributed by atoms with van der Waals surface area (Å²) in [6.45, 7) is 0. The van der Waals surface area contributed by atoms with Gasteiger partial charge >= 0.3 is 12.0 Å². The zero-order chi connectivity index (χ0) is 12.4. The quantitative estimate of drug-likeness (QED) is 0.749. The van der Waals surface area contributed by atoms with Crippen LogP contribution >= 0.6 is 11.6 Å². The Morgan fingerprint density at radius 2 is 2.06 bits per heavy atom. The first-order valence-corrected chi connectivity index (χ1v) is 5.23. The van der Waals surface area contributed by atoms with Gasteiger partial charge in [0.15, 0.2) is 0 Å². The monoisotopic (exact) mass is 252 g/mol. The minimum Gasteiger partial charge on any atom is -0.477 e. The normalized spacial score (nSPS) is 19.0. The predicted molar refractivity (Wildman–Crippen MR) is 61.6 cm³/mol. The fraction of sp³-hybridized carbons (Fsp3) is 0.0909. The summed E-state index contributed by atoms with van der Waals surface area (Å²) in [7, 11) is 0. The van der Waals surface area contributed by atoms with E-state index in [-0.39, 0.29) is 5.70 Å². The van der Waals surface area contributed by atoms with Gasteiger partial charge in [0, 0.05) is 5.02 Å². The van der Waals surface area contributed by atoms with Gasteiger partial charge in [-0.15, -0.1) is 0 Å². The molecule has 1 atom stereocenters. The highest BCUT2D eigenvalue weighted by Gasteiger charge is 2.24. The van der Waals surface area contributed by atoms with E-state index in [1.807, 2.05) is 0 Å². The highest BCUT2D eigenvalue weighted by Crippen LogP contribution is 2.25. The topological polar surface area (TPSA) is 78.4 Å². The largest absolute Gasteiger partial charge is 0.477 e. The summed E-state index contributed by atoms with van der Waals surface area (Å²) in [5.41, 5.74) is 0.501. The molecular weight excluding hydrogens is 244 g/mol. The van der Waals surface area contributed by atoms with Crippen LogP contribution in [0.2, 0.25) is 5.02 Å². The molecule has 88 valence electrons. The lowest BCUT2D eigenvalue weighted by atomic mass is 10.0. The van der Waals surface area contributed by atoms with E-state index >= 15 is 0 Å². The molecule has 6 heteroatoms. The standard InChI is InChI=1S/C11H9ClN2O3/c12-7-4-2-1-3-6(7)8-5-9(10(15)16)14-11(17)13-8/h1-5,8H,(H,15,16)(H2,13,14,17). The Labute approximate surface area is 102 Å².